The lowest BCUT2D eigenvalue weighted by molar-refractivity contribution is 0.0954. The van der Waals surface area contributed by atoms with Crippen molar-refractivity contribution in [2.75, 3.05) is 0 Å². The summed E-state index contributed by atoms with van der Waals surface area (Å²) in [5.74, 6) is -0.243. The molecule has 0 radical (unpaired) electrons. The minimum absolute atomic E-state index is 0.124. The van der Waals surface area contributed by atoms with Crippen molar-refractivity contribution >= 4 is 11.6 Å². The summed E-state index contributed by atoms with van der Waals surface area (Å²) in [7, 11) is 0. The van der Waals surface area contributed by atoms with Gasteiger partial charge >= 0.3 is 0 Å². The summed E-state index contributed by atoms with van der Waals surface area (Å²) in [6.45, 7) is 8.41. The Morgan fingerprint density at radius 3 is 2.14 bits per heavy atom. The summed E-state index contributed by atoms with van der Waals surface area (Å²) in [6.07, 6.45) is 3.16. The van der Waals surface area contributed by atoms with Crippen molar-refractivity contribution in [3.05, 3.63) is 65.5 Å². The van der Waals surface area contributed by atoms with Crippen molar-refractivity contribution in [1.82, 2.24) is 10.4 Å². The van der Waals surface area contributed by atoms with Crippen LogP contribution in [-0.2, 0) is 5.41 Å². The Hall–Kier alpha value is -2.49. The highest BCUT2D eigenvalue weighted by Gasteiger charge is 2.13. The molecule has 0 fully saturated rings. The third-order valence-corrected chi connectivity index (χ3v) is 3.44. The zero-order valence-corrected chi connectivity index (χ0v) is 13.4. The molecular formula is C18H21N3O. The van der Waals surface area contributed by atoms with Gasteiger partial charge in [-0.1, -0.05) is 45.0 Å². The number of amides is 1. The van der Waals surface area contributed by atoms with Crippen LogP contribution in [0.1, 0.15) is 49.2 Å². The zero-order valence-electron chi connectivity index (χ0n) is 13.4. The highest BCUT2D eigenvalue weighted by molar-refractivity contribution is 6.00. The third kappa shape index (κ3) is 4.01. The predicted octanol–water partition coefficient (Wildman–Crippen LogP) is 3.53. The van der Waals surface area contributed by atoms with E-state index in [1.54, 1.807) is 24.5 Å². The molecule has 114 valence electrons. The molecule has 1 amide bonds. The summed E-state index contributed by atoms with van der Waals surface area (Å²) in [6, 6.07) is 11.5. The minimum Gasteiger partial charge on any atom is -0.267 e. The summed E-state index contributed by atoms with van der Waals surface area (Å²) in [5.41, 5.74) is 6.25. The number of nitrogens with zero attached hydrogens (tertiary/aromatic N) is 2. The Kier molecular flexibility index (Phi) is 4.71. The summed E-state index contributed by atoms with van der Waals surface area (Å²) in [4.78, 5) is 15.8. The first-order valence-electron chi connectivity index (χ1n) is 7.23. The van der Waals surface area contributed by atoms with Crippen LogP contribution in [0.2, 0.25) is 0 Å². The quantitative estimate of drug-likeness (QED) is 0.695. The monoisotopic (exact) mass is 295 g/mol. The maximum Gasteiger partial charge on any atom is 0.271 e. The van der Waals surface area contributed by atoms with Crippen molar-refractivity contribution in [2.24, 2.45) is 5.10 Å². The molecule has 0 aliphatic carbocycles. The second-order valence-electron chi connectivity index (χ2n) is 6.20. The summed E-state index contributed by atoms with van der Waals surface area (Å²) >= 11 is 0. The molecule has 4 nitrogen and oxygen atoms in total. The average Bonchev–Trinajstić information content (AvgIpc) is 2.52. The van der Waals surface area contributed by atoms with Gasteiger partial charge in [0.25, 0.3) is 5.91 Å². The summed E-state index contributed by atoms with van der Waals surface area (Å²) in [5, 5.41) is 4.16. The molecule has 0 saturated carbocycles. The molecule has 0 bridgehead atoms. The van der Waals surface area contributed by atoms with Gasteiger partial charge in [-0.05, 0) is 35.6 Å². The highest BCUT2D eigenvalue weighted by Crippen LogP contribution is 2.22. The summed E-state index contributed by atoms with van der Waals surface area (Å²) < 4.78 is 0. The standard InChI is InChI=1S/C18H21N3O/c1-13(14-5-7-16(8-6-14)18(2,3)4)20-21-17(22)15-9-11-19-12-10-15/h5-12H,1-4H3,(H,21,22). The van der Waals surface area contributed by atoms with Crippen LogP contribution in [0.4, 0.5) is 0 Å². The van der Waals surface area contributed by atoms with E-state index in [-0.39, 0.29) is 11.3 Å². The molecule has 4 heteroatoms. The molecule has 2 rings (SSSR count). The first-order valence-corrected chi connectivity index (χ1v) is 7.23. The molecule has 1 heterocycles. The smallest absolute Gasteiger partial charge is 0.267 e. The first kappa shape index (κ1) is 15.9. The van der Waals surface area contributed by atoms with Crippen LogP contribution in [-0.4, -0.2) is 16.6 Å². The second-order valence-corrected chi connectivity index (χ2v) is 6.20. The van der Waals surface area contributed by atoms with Crippen molar-refractivity contribution in [2.45, 2.75) is 33.1 Å². The SMILES string of the molecule is CC(=NNC(=O)c1ccncc1)c1ccc(C(C)(C)C)cc1. The van der Waals surface area contributed by atoms with Crippen LogP contribution >= 0.6 is 0 Å². The lowest BCUT2D eigenvalue weighted by Gasteiger charge is -2.19. The van der Waals surface area contributed by atoms with Gasteiger partial charge in [0.2, 0.25) is 0 Å². The number of rotatable bonds is 3. The van der Waals surface area contributed by atoms with Crippen molar-refractivity contribution in [3.8, 4) is 0 Å². The Balaban J connectivity index is 2.08. The zero-order chi connectivity index (χ0) is 16.2. The fourth-order valence-electron chi connectivity index (χ4n) is 1.98. The van der Waals surface area contributed by atoms with E-state index in [2.05, 4.69) is 48.4 Å². The lowest BCUT2D eigenvalue weighted by atomic mass is 9.86. The van der Waals surface area contributed by atoms with E-state index in [1.165, 1.54) is 5.56 Å². The number of hydrogen-bond acceptors (Lipinski definition) is 3. The Morgan fingerprint density at radius 1 is 1.00 bits per heavy atom. The van der Waals surface area contributed by atoms with Crippen LogP contribution in [0, 0.1) is 0 Å². The molecule has 0 aliphatic heterocycles. The normalized spacial score (nSPS) is 12.1. The van der Waals surface area contributed by atoms with E-state index in [9.17, 15) is 4.79 Å². The Morgan fingerprint density at radius 2 is 1.59 bits per heavy atom. The fourth-order valence-corrected chi connectivity index (χ4v) is 1.98. The molecule has 1 N–H and O–H groups in total. The van der Waals surface area contributed by atoms with E-state index >= 15 is 0 Å². The number of aromatic nitrogens is 1. The van der Waals surface area contributed by atoms with E-state index in [0.29, 0.717) is 5.56 Å². The van der Waals surface area contributed by atoms with Crippen molar-refractivity contribution < 1.29 is 4.79 Å². The molecule has 1 aromatic carbocycles. The van der Waals surface area contributed by atoms with Crippen LogP contribution < -0.4 is 5.43 Å². The number of carbonyl (C=O) groups excluding carboxylic acids is 1. The van der Waals surface area contributed by atoms with Crippen LogP contribution in [0.15, 0.2) is 53.9 Å². The van der Waals surface area contributed by atoms with Gasteiger partial charge in [0.05, 0.1) is 5.71 Å². The fraction of sp³-hybridized carbons (Fsp3) is 0.278. The van der Waals surface area contributed by atoms with Gasteiger partial charge in [0, 0.05) is 18.0 Å². The molecule has 22 heavy (non-hydrogen) atoms. The maximum atomic E-state index is 11.9. The van der Waals surface area contributed by atoms with Gasteiger partial charge in [-0.15, -0.1) is 0 Å². The molecular weight excluding hydrogens is 274 g/mol. The molecule has 0 saturated heterocycles. The van der Waals surface area contributed by atoms with Gasteiger partial charge in [0.1, 0.15) is 0 Å². The van der Waals surface area contributed by atoms with Crippen LogP contribution in [0.25, 0.3) is 0 Å². The topological polar surface area (TPSA) is 54.4 Å². The Labute approximate surface area is 131 Å². The largest absolute Gasteiger partial charge is 0.271 e. The van der Waals surface area contributed by atoms with Crippen LogP contribution in [0.3, 0.4) is 0 Å². The van der Waals surface area contributed by atoms with Gasteiger partial charge in [-0.2, -0.15) is 5.10 Å². The van der Waals surface area contributed by atoms with E-state index in [4.69, 9.17) is 0 Å². The van der Waals surface area contributed by atoms with Crippen molar-refractivity contribution in [3.63, 3.8) is 0 Å². The average molecular weight is 295 g/mol. The third-order valence-electron chi connectivity index (χ3n) is 3.44. The predicted molar refractivity (Wildman–Crippen MR) is 89.1 cm³/mol. The lowest BCUT2D eigenvalue weighted by Crippen LogP contribution is -2.19. The van der Waals surface area contributed by atoms with Gasteiger partial charge in [-0.3, -0.25) is 9.78 Å². The van der Waals surface area contributed by atoms with Gasteiger partial charge < -0.3 is 0 Å². The number of nitrogens with one attached hydrogen (secondary N) is 1. The molecule has 0 aliphatic rings. The minimum atomic E-state index is -0.243. The number of hydrogen-bond donors (Lipinski definition) is 1. The van der Waals surface area contributed by atoms with Crippen LogP contribution in [0.5, 0.6) is 0 Å². The number of benzene rings is 1. The molecule has 1 aromatic heterocycles. The molecule has 2 aromatic rings. The van der Waals surface area contributed by atoms with Gasteiger partial charge in [0.15, 0.2) is 0 Å². The molecule has 0 atom stereocenters. The highest BCUT2D eigenvalue weighted by atomic mass is 16.2. The number of pyridine rings is 1. The van der Waals surface area contributed by atoms with Crippen molar-refractivity contribution in [1.29, 1.82) is 0 Å². The second kappa shape index (κ2) is 6.52. The number of carbonyl (C=O) groups is 1. The number of hydrazone groups is 1. The first-order chi connectivity index (χ1) is 10.4. The maximum absolute atomic E-state index is 11.9. The molecule has 0 unspecified atom stereocenters. The van der Waals surface area contributed by atoms with E-state index in [0.717, 1.165) is 11.3 Å². The van der Waals surface area contributed by atoms with Gasteiger partial charge in [-0.25, -0.2) is 5.43 Å². The van der Waals surface area contributed by atoms with E-state index in [1.807, 2.05) is 19.1 Å². The van der Waals surface area contributed by atoms with E-state index < -0.39 is 0 Å². The Bertz CT molecular complexity index is 668. The molecule has 0 spiro atoms.